The lowest BCUT2D eigenvalue weighted by Gasteiger charge is -2.19. The molecule has 0 spiro atoms. The SMILES string of the molecule is CC(C)(C)OC(=O)NCCC(=O)Nc1cccc(Cl)c1. The van der Waals surface area contributed by atoms with Gasteiger partial charge in [-0.1, -0.05) is 17.7 Å². The number of anilines is 1. The van der Waals surface area contributed by atoms with Crippen LogP contribution in [0.25, 0.3) is 0 Å². The topological polar surface area (TPSA) is 67.4 Å². The maximum Gasteiger partial charge on any atom is 0.407 e. The summed E-state index contributed by atoms with van der Waals surface area (Å²) in [5, 5.41) is 5.76. The highest BCUT2D eigenvalue weighted by molar-refractivity contribution is 6.30. The van der Waals surface area contributed by atoms with Gasteiger partial charge in [-0.2, -0.15) is 0 Å². The highest BCUT2D eigenvalue weighted by Crippen LogP contribution is 2.14. The van der Waals surface area contributed by atoms with E-state index in [9.17, 15) is 9.59 Å². The zero-order valence-electron chi connectivity index (χ0n) is 11.8. The number of hydrogen-bond donors (Lipinski definition) is 2. The fourth-order valence-electron chi connectivity index (χ4n) is 1.38. The molecule has 0 bridgehead atoms. The van der Waals surface area contributed by atoms with Crippen LogP contribution in [0.15, 0.2) is 24.3 Å². The predicted octanol–water partition coefficient (Wildman–Crippen LogP) is 3.19. The Balaban J connectivity index is 2.29. The van der Waals surface area contributed by atoms with Crippen LogP contribution in [0.5, 0.6) is 0 Å². The summed E-state index contributed by atoms with van der Waals surface area (Å²) in [6.45, 7) is 5.54. The van der Waals surface area contributed by atoms with Gasteiger partial charge in [-0.3, -0.25) is 4.79 Å². The zero-order valence-corrected chi connectivity index (χ0v) is 12.6. The molecule has 0 aromatic heterocycles. The van der Waals surface area contributed by atoms with Crippen molar-refractivity contribution in [3.05, 3.63) is 29.3 Å². The monoisotopic (exact) mass is 298 g/mol. The molecule has 0 radical (unpaired) electrons. The molecule has 1 rings (SSSR count). The van der Waals surface area contributed by atoms with Crippen LogP contribution in [0.2, 0.25) is 5.02 Å². The van der Waals surface area contributed by atoms with Crippen molar-refractivity contribution < 1.29 is 14.3 Å². The van der Waals surface area contributed by atoms with E-state index in [1.165, 1.54) is 0 Å². The van der Waals surface area contributed by atoms with E-state index in [2.05, 4.69) is 10.6 Å². The van der Waals surface area contributed by atoms with Crippen molar-refractivity contribution >= 4 is 29.3 Å². The molecular formula is C14H19ClN2O3. The molecule has 0 aliphatic rings. The molecule has 0 aliphatic carbocycles. The summed E-state index contributed by atoms with van der Waals surface area (Å²) in [5.74, 6) is -0.205. The van der Waals surface area contributed by atoms with Gasteiger partial charge in [0, 0.05) is 23.7 Å². The van der Waals surface area contributed by atoms with Crippen LogP contribution < -0.4 is 10.6 Å². The molecule has 2 N–H and O–H groups in total. The van der Waals surface area contributed by atoms with Gasteiger partial charge in [0.15, 0.2) is 0 Å². The van der Waals surface area contributed by atoms with Crippen LogP contribution in [0.4, 0.5) is 10.5 Å². The molecule has 1 aromatic rings. The molecule has 5 nitrogen and oxygen atoms in total. The first-order chi connectivity index (χ1) is 9.26. The number of benzene rings is 1. The van der Waals surface area contributed by atoms with Crippen molar-refractivity contribution in [3.63, 3.8) is 0 Å². The van der Waals surface area contributed by atoms with E-state index in [1.54, 1.807) is 45.0 Å². The first-order valence-corrected chi connectivity index (χ1v) is 6.66. The second-order valence-corrected chi connectivity index (χ2v) is 5.67. The average Bonchev–Trinajstić information content (AvgIpc) is 2.26. The number of halogens is 1. The van der Waals surface area contributed by atoms with E-state index in [4.69, 9.17) is 16.3 Å². The normalized spacial score (nSPS) is 10.8. The smallest absolute Gasteiger partial charge is 0.407 e. The number of rotatable bonds is 4. The van der Waals surface area contributed by atoms with Crippen molar-refractivity contribution in [2.45, 2.75) is 32.8 Å². The lowest BCUT2D eigenvalue weighted by atomic mass is 10.2. The van der Waals surface area contributed by atoms with E-state index in [1.807, 2.05) is 0 Å². The molecule has 2 amide bonds. The summed E-state index contributed by atoms with van der Waals surface area (Å²) >= 11 is 5.81. The number of ether oxygens (including phenoxy) is 1. The Morgan fingerprint density at radius 3 is 2.60 bits per heavy atom. The third-order valence-electron chi connectivity index (χ3n) is 2.13. The van der Waals surface area contributed by atoms with Crippen LogP contribution in [0, 0.1) is 0 Å². The van der Waals surface area contributed by atoms with Gasteiger partial charge < -0.3 is 15.4 Å². The predicted molar refractivity (Wildman–Crippen MR) is 78.9 cm³/mol. The van der Waals surface area contributed by atoms with E-state index < -0.39 is 11.7 Å². The highest BCUT2D eigenvalue weighted by atomic mass is 35.5. The number of hydrogen-bond acceptors (Lipinski definition) is 3. The van der Waals surface area contributed by atoms with Crippen molar-refractivity contribution in [3.8, 4) is 0 Å². The fraction of sp³-hybridized carbons (Fsp3) is 0.429. The van der Waals surface area contributed by atoms with Gasteiger partial charge in [0.25, 0.3) is 0 Å². The second kappa shape index (κ2) is 7.14. The van der Waals surface area contributed by atoms with Gasteiger partial charge in [0.05, 0.1) is 0 Å². The van der Waals surface area contributed by atoms with Crippen LogP contribution >= 0.6 is 11.6 Å². The van der Waals surface area contributed by atoms with E-state index in [-0.39, 0.29) is 18.9 Å². The van der Waals surface area contributed by atoms with E-state index in [0.29, 0.717) is 10.7 Å². The van der Waals surface area contributed by atoms with Crippen molar-refractivity contribution in [2.24, 2.45) is 0 Å². The third kappa shape index (κ3) is 6.99. The summed E-state index contributed by atoms with van der Waals surface area (Å²) in [6, 6.07) is 6.87. The number of nitrogens with one attached hydrogen (secondary N) is 2. The minimum atomic E-state index is -0.548. The van der Waals surface area contributed by atoms with Gasteiger partial charge in [0.2, 0.25) is 5.91 Å². The molecule has 0 saturated heterocycles. The lowest BCUT2D eigenvalue weighted by Crippen LogP contribution is -2.34. The van der Waals surface area contributed by atoms with Crippen molar-refractivity contribution in [2.75, 3.05) is 11.9 Å². The van der Waals surface area contributed by atoms with Gasteiger partial charge in [-0.25, -0.2) is 4.79 Å². The van der Waals surface area contributed by atoms with Gasteiger partial charge in [-0.15, -0.1) is 0 Å². The fourth-order valence-corrected chi connectivity index (χ4v) is 1.57. The summed E-state index contributed by atoms with van der Waals surface area (Å²) in [5.41, 5.74) is 0.0763. The Hall–Kier alpha value is -1.75. The molecule has 110 valence electrons. The second-order valence-electron chi connectivity index (χ2n) is 5.24. The van der Waals surface area contributed by atoms with Crippen LogP contribution in [-0.2, 0) is 9.53 Å². The molecule has 6 heteroatoms. The molecule has 0 saturated carbocycles. The number of carbonyl (C=O) groups is 2. The van der Waals surface area contributed by atoms with E-state index in [0.717, 1.165) is 0 Å². The average molecular weight is 299 g/mol. The van der Waals surface area contributed by atoms with Crippen molar-refractivity contribution in [1.82, 2.24) is 5.32 Å². The Morgan fingerprint density at radius 2 is 2.00 bits per heavy atom. The Bertz CT molecular complexity index is 484. The number of amides is 2. The first kappa shape index (κ1) is 16.3. The minimum Gasteiger partial charge on any atom is -0.444 e. The molecule has 1 aromatic carbocycles. The van der Waals surface area contributed by atoms with Gasteiger partial charge in [0.1, 0.15) is 5.60 Å². The van der Waals surface area contributed by atoms with Gasteiger partial charge in [-0.05, 0) is 39.0 Å². The summed E-state index contributed by atoms with van der Waals surface area (Å²) in [7, 11) is 0. The van der Waals surface area contributed by atoms with Gasteiger partial charge >= 0.3 is 6.09 Å². The van der Waals surface area contributed by atoms with E-state index >= 15 is 0 Å². The quantitative estimate of drug-likeness (QED) is 0.897. The van der Waals surface area contributed by atoms with Crippen LogP contribution in [-0.4, -0.2) is 24.1 Å². The molecular weight excluding hydrogens is 280 g/mol. The van der Waals surface area contributed by atoms with Crippen LogP contribution in [0.3, 0.4) is 0 Å². The standard InChI is InChI=1S/C14H19ClN2O3/c1-14(2,3)20-13(19)16-8-7-12(18)17-11-6-4-5-10(15)9-11/h4-6,9H,7-8H2,1-3H3,(H,16,19)(H,17,18). The number of carbonyl (C=O) groups excluding carboxylic acids is 2. The maximum absolute atomic E-state index is 11.6. The third-order valence-corrected chi connectivity index (χ3v) is 2.36. The summed E-state index contributed by atoms with van der Waals surface area (Å²) in [4.78, 5) is 23.0. The Labute approximate surface area is 123 Å². The Morgan fingerprint density at radius 1 is 1.30 bits per heavy atom. The van der Waals surface area contributed by atoms with Crippen LogP contribution in [0.1, 0.15) is 27.2 Å². The molecule has 0 atom stereocenters. The minimum absolute atomic E-state index is 0.158. The number of alkyl carbamates (subject to hydrolysis) is 1. The molecule has 0 fully saturated rings. The maximum atomic E-state index is 11.6. The summed E-state index contributed by atoms with van der Waals surface area (Å²) in [6.07, 6.45) is -0.376. The molecule has 0 aliphatic heterocycles. The Kier molecular flexibility index (Phi) is 5.82. The lowest BCUT2D eigenvalue weighted by molar-refractivity contribution is -0.116. The first-order valence-electron chi connectivity index (χ1n) is 6.28. The highest BCUT2D eigenvalue weighted by Gasteiger charge is 2.15. The molecule has 0 unspecified atom stereocenters. The zero-order chi connectivity index (χ0) is 15.2. The molecule has 20 heavy (non-hydrogen) atoms. The molecule has 0 heterocycles. The summed E-state index contributed by atoms with van der Waals surface area (Å²) < 4.78 is 5.05. The largest absolute Gasteiger partial charge is 0.444 e. The van der Waals surface area contributed by atoms with Crippen molar-refractivity contribution in [1.29, 1.82) is 0 Å².